The molecule has 0 aromatic carbocycles. The summed E-state index contributed by atoms with van der Waals surface area (Å²) in [7, 11) is 0. The molecule has 0 spiro atoms. The second-order valence-electron chi connectivity index (χ2n) is 7.90. The van der Waals surface area contributed by atoms with Crippen molar-refractivity contribution in [1.29, 1.82) is 0 Å². The van der Waals surface area contributed by atoms with E-state index in [1.165, 1.54) is 22.7 Å². The number of hydrogen-bond acceptors (Lipinski definition) is 7. The fourth-order valence-electron chi connectivity index (χ4n) is 3.93. The Hall–Kier alpha value is -2.23. The summed E-state index contributed by atoms with van der Waals surface area (Å²) in [5.41, 5.74) is 1.41. The molecule has 7 nitrogen and oxygen atoms in total. The summed E-state index contributed by atoms with van der Waals surface area (Å²) >= 11 is 2.92. The maximum atomic E-state index is 12.7. The van der Waals surface area contributed by atoms with Gasteiger partial charge in [-0.2, -0.15) is 0 Å². The van der Waals surface area contributed by atoms with Crippen molar-refractivity contribution in [3.8, 4) is 0 Å². The van der Waals surface area contributed by atoms with Crippen LogP contribution in [0, 0.1) is 13.8 Å². The van der Waals surface area contributed by atoms with Crippen LogP contribution in [0.2, 0.25) is 0 Å². The Morgan fingerprint density at radius 2 is 1.84 bits per heavy atom. The zero-order valence-corrected chi connectivity index (χ0v) is 20.7. The molecule has 0 bridgehead atoms. The summed E-state index contributed by atoms with van der Waals surface area (Å²) in [6, 6.07) is 3.93. The van der Waals surface area contributed by atoms with E-state index in [0.717, 1.165) is 46.1 Å². The molecule has 9 heteroatoms. The van der Waals surface area contributed by atoms with Crippen molar-refractivity contribution < 1.29 is 19.1 Å². The molecule has 2 amide bonds. The highest BCUT2D eigenvalue weighted by Gasteiger charge is 2.26. The Morgan fingerprint density at radius 1 is 1.12 bits per heavy atom. The van der Waals surface area contributed by atoms with Gasteiger partial charge in [0.25, 0.3) is 5.91 Å². The lowest BCUT2D eigenvalue weighted by atomic mass is 10.0. The molecule has 2 N–H and O–H groups in total. The number of likely N-dealkylation sites (tertiary alicyclic amines) is 1. The average molecular weight is 478 g/mol. The van der Waals surface area contributed by atoms with Gasteiger partial charge in [0, 0.05) is 28.9 Å². The van der Waals surface area contributed by atoms with Crippen LogP contribution in [0.5, 0.6) is 0 Å². The predicted molar refractivity (Wildman–Crippen MR) is 129 cm³/mol. The summed E-state index contributed by atoms with van der Waals surface area (Å²) in [6.07, 6.45) is 2.31. The Kier molecular flexibility index (Phi) is 8.44. The minimum atomic E-state index is -0.388. The monoisotopic (exact) mass is 477 g/mol. The van der Waals surface area contributed by atoms with Gasteiger partial charge in [-0.3, -0.25) is 14.5 Å². The second kappa shape index (κ2) is 11.1. The van der Waals surface area contributed by atoms with Crippen molar-refractivity contribution >= 4 is 45.5 Å². The average Bonchev–Trinajstić information content (AvgIpc) is 3.32. The van der Waals surface area contributed by atoms with E-state index in [4.69, 9.17) is 4.74 Å². The lowest BCUT2D eigenvalue weighted by Gasteiger charge is -2.31. The highest BCUT2D eigenvalue weighted by molar-refractivity contribution is 7.16. The lowest BCUT2D eigenvalue weighted by Crippen LogP contribution is -2.46. The van der Waals surface area contributed by atoms with Crippen LogP contribution in [0.3, 0.4) is 0 Å². The standard InChI is InChI=1S/C23H31N3O4S2/c1-5-17-15(4)32-22(20(17)23(29)30-6-2)25-19(27)13-26-11-9-16(10-12-26)24-21(28)18-8-7-14(3)31-18/h7-8,16H,5-6,9-13H2,1-4H3,(H,24,28)(H,25,27). The van der Waals surface area contributed by atoms with Crippen LogP contribution in [0.4, 0.5) is 5.00 Å². The zero-order chi connectivity index (χ0) is 23.3. The van der Waals surface area contributed by atoms with Gasteiger partial charge in [0.05, 0.1) is 23.6 Å². The van der Waals surface area contributed by atoms with Crippen LogP contribution in [0.15, 0.2) is 12.1 Å². The van der Waals surface area contributed by atoms with E-state index in [1.54, 1.807) is 6.92 Å². The molecule has 3 heterocycles. The molecule has 1 fully saturated rings. The number of carbonyl (C=O) groups excluding carboxylic acids is 3. The molecule has 2 aromatic heterocycles. The van der Waals surface area contributed by atoms with Gasteiger partial charge >= 0.3 is 5.97 Å². The van der Waals surface area contributed by atoms with E-state index in [9.17, 15) is 14.4 Å². The third-order valence-corrected chi connectivity index (χ3v) is 7.61. The second-order valence-corrected chi connectivity index (χ2v) is 10.4. The van der Waals surface area contributed by atoms with Crippen molar-refractivity contribution in [2.45, 2.75) is 53.0 Å². The fourth-order valence-corrected chi connectivity index (χ4v) is 5.85. The van der Waals surface area contributed by atoms with Crippen LogP contribution in [0.25, 0.3) is 0 Å². The predicted octanol–water partition coefficient (Wildman–Crippen LogP) is 4.00. The summed E-state index contributed by atoms with van der Waals surface area (Å²) in [6.45, 7) is 9.72. The number of rotatable bonds is 8. The number of nitrogens with zero attached hydrogens (tertiary/aromatic N) is 1. The first-order valence-corrected chi connectivity index (χ1v) is 12.6. The summed E-state index contributed by atoms with van der Waals surface area (Å²) in [5, 5.41) is 6.60. The maximum absolute atomic E-state index is 12.7. The molecule has 2 aromatic rings. The largest absolute Gasteiger partial charge is 0.462 e. The smallest absolute Gasteiger partial charge is 0.341 e. The molecular weight excluding hydrogens is 446 g/mol. The number of aryl methyl sites for hydroxylation is 2. The van der Waals surface area contributed by atoms with Crippen molar-refractivity contribution in [2.75, 3.05) is 31.6 Å². The van der Waals surface area contributed by atoms with Crippen molar-refractivity contribution in [2.24, 2.45) is 0 Å². The first-order chi connectivity index (χ1) is 15.3. The third kappa shape index (κ3) is 5.96. The number of hydrogen-bond donors (Lipinski definition) is 2. The van der Waals surface area contributed by atoms with E-state index in [2.05, 4.69) is 15.5 Å². The Labute approximate surface area is 197 Å². The fraction of sp³-hybridized carbons (Fsp3) is 0.522. The molecule has 0 unspecified atom stereocenters. The van der Waals surface area contributed by atoms with Gasteiger partial charge in [-0.15, -0.1) is 22.7 Å². The molecule has 32 heavy (non-hydrogen) atoms. The number of amides is 2. The van der Waals surface area contributed by atoms with Crippen LogP contribution >= 0.6 is 22.7 Å². The van der Waals surface area contributed by atoms with Crippen molar-refractivity contribution in [3.63, 3.8) is 0 Å². The van der Waals surface area contributed by atoms with E-state index < -0.39 is 0 Å². The highest BCUT2D eigenvalue weighted by Crippen LogP contribution is 2.34. The van der Waals surface area contributed by atoms with Crippen LogP contribution in [-0.2, 0) is 16.0 Å². The van der Waals surface area contributed by atoms with Gasteiger partial charge in [-0.25, -0.2) is 4.79 Å². The Morgan fingerprint density at radius 3 is 2.44 bits per heavy atom. The molecule has 0 aliphatic carbocycles. The third-order valence-electron chi connectivity index (χ3n) is 5.55. The normalized spacial score (nSPS) is 14.9. The summed E-state index contributed by atoms with van der Waals surface area (Å²) in [5.74, 6) is -0.553. The molecule has 0 saturated carbocycles. The SMILES string of the molecule is CCOC(=O)c1c(NC(=O)CN2CCC(NC(=O)c3ccc(C)s3)CC2)sc(C)c1CC. The topological polar surface area (TPSA) is 87.7 Å². The molecule has 1 aliphatic rings. The van der Waals surface area contributed by atoms with Gasteiger partial charge in [0.1, 0.15) is 5.00 Å². The molecule has 0 radical (unpaired) electrons. The van der Waals surface area contributed by atoms with Crippen LogP contribution in [-0.4, -0.2) is 55.0 Å². The number of piperidine rings is 1. The zero-order valence-electron chi connectivity index (χ0n) is 19.1. The number of esters is 1. The summed E-state index contributed by atoms with van der Waals surface area (Å²) in [4.78, 5) is 42.5. The number of ether oxygens (including phenoxy) is 1. The minimum Gasteiger partial charge on any atom is -0.462 e. The quantitative estimate of drug-likeness (QED) is 0.561. The summed E-state index contributed by atoms with van der Waals surface area (Å²) < 4.78 is 5.20. The van der Waals surface area contributed by atoms with Gasteiger partial charge in [-0.1, -0.05) is 6.92 Å². The maximum Gasteiger partial charge on any atom is 0.341 e. The van der Waals surface area contributed by atoms with E-state index in [-0.39, 0.29) is 30.4 Å². The molecule has 1 aliphatic heterocycles. The lowest BCUT2D eigenvalue weighted by molar-refractivity contribution is -0.117. The highest BCUT2D eigenvalue weighted by atomic mass is 32.1. The van der Waals surface area contributed by atoms with E-state index in [0.29, 0.717) is 23.6 Å². The van der Waals surface area contributed by atoms with Crippen LogP contribution in [0.1, 0.15) is 62.0 Å². The van der Waals surface area contributed by atoms with Crippen molar-refractivity contribution in [3.05, 3.63) is 37.9 Å². The van der Waals surface area contributed by atoms with E-state index in [1.807, 2.05) is 32.9 Å². The molecule has 1 saturated heterocycles. The van der Waals surface area contributed by atoms with Crippen molar-refractivity contribution in [1.82, 2.24) is 10.2 Å². The van der Waals surface area contributed by atoms with Gasteiger partial charge < -0.3 is 15.4 Å². The number of nitrogens with one attached hydrogen (secondary N) is 2. The molecule has 174 valence electrons. The first-order valence-electron chi connectivity index (χ1n) is 11.0. The molecule has 3 rings (SSSR count). The first kappa shape index (κ1) is 24.4. The number of thiophene rings is 2. The number of carbonyl (C=O) groups is 3. The van der Waals surface area contributed by atoms with Gasteiger partial charge in [0.15, 0.2) is 0 Å². The minimum absolute atomic E-state index is 0.0226. The Balaban J connectivity index is 1.52. The van der Waals surface area contributed by atoms with Gasteiger partial charge in [-0.05, 0) is 57.7 Å². The van der Waals surface area contributed by atoms with E-state index >= 15 is 0 Å². The molecular formula is C23H31N3O4S2. The Bertz CT molecular complexity index is 974. The van der Waals surface area contributed by atoms with Crippen LogP contribution < -0.4 is 10.6 Å². The molecule has 0 atom stereocenters. The van der Waals surface area contributed by atoms with Gasteiger partial charge in [0.2, 0.25) is 5.91 Å². The number of anilines is 1.